The molecule has 0 saturated heterocycles. The first-order valence-corrected chi connectivity index (χ1v) is 5.74. The van der Waals surface area contributed by atoms with Crippen LogP contribution in [0.15, 0.2) is 40.6 Å². The lowest BCUT2D eigenvalue weighted by Gasteiger charge is -2.07. The van der Waals surface area contributed by atoms with Crippen molar-refractivity contribution in [2.24, 2.45) is 12.8 Å². The van der Waals surface area contributed by atoms with Crippen molar-refractivity contribution >= 4 is 23.4 Å². The second-order valence-corrected chi connectivity index (χ2v) is 4.51. The van der Waals surface area contributed by atoms with Crippen LogP contribution in [-0.4, -0.2) is 15.5 Å². The summed E-state index contributed by atoms with van der Waals surface area (Å²) in [5.41, 5.74) is 11.9. The summed E-state index contributed by atoms with van der Waals surface area (Å²) in [6.45, 7) is 0. The van der Waals surface area contributed by atoms with Crippen LogP contribution in [0.1, 0.15) is 10.4 Å². The van der Waals surface area contributed by atoms with Gasteiger partial charge in [-0.15, -0.1) is 0 Å². The summed E-state index contributed by atoms with van der Waals surface area (Å²) in [7, 11) is 1.89. The topological polar surface area (TPSA) is 86.9 Å². The Balaban J connectivity index is 2.37. The quantitative estimate of drug-likeness (QED) is 0.800. The second kappa shape index (κ2) is 4.50. The highest BCUT2D eigenvalue weighted by atomic mass is 32.2. The first-order chi connectivity index (χ1) is 8.09. The highest BCUT2D eigenvalue weighted by Gasteiger charge is 2.11. The van der Waals surface area contributed by atoms with Gasteiger partial charge in [-0.1, -0.05) is 6.07 Å². The van der Waals surface area contributed by atoms with E-state index in [1.54, 1.807) is 18.3 Å². The number of aromatic nitrogens is 2. The molecule has 0 radical (unpaired) electrons. The van der Waals surface area contributed by atoms with E-state index in [1.165, 1.54) is 11.8 Å². The van der Waals surface area contributed by atoms with Crippen LogP contribution >= 0.6 is 11.8 Å². The van der Waals surface area contributed by atoms with E-state index in [0.29, 0.717) is 11.3 Å². The van der Waals surface area contributed by atoms with Crippen LogP contribution in [0, 0.1) is 0 Å². The third-order valence-electron chi connectivity index (χ3n) is 2.31. The van der Waals surface area contributed by atoms with E-state index in [4.69, 9.17) is 11.5 Å². The fourth-order valence-corrected chi connectivity index (χ4v) is 2.28. The summed E-state index contributed by atoms with van der Waals surface area (Å²) >= 11 is 1.40. The van der Waals surface area contributed by atoms with Crippen molar-refractivity contribution in [2.75, 3.05) is 5.73 Å². The summed E-state index contributed by atoms with van der Waals surface area (Å²) in [6.07, 6.45) is 3.55. The third-order valence-corrected chi connectivity index (χ3v) is 3.46. The summed E-state index contributed by atoms with van der Waals surface area (Å²) in [6, 6.07) is 5.20. The van der Waals surface area contributed by atoms with Gasteiger partial charge in [0.15, 0.2) is 5.16 Å². The molecule has 0 aliphatic heterocycles. The number of anilines is 1. The van der Waals surface area contributed by atoms with Crippen LogP contribution in [0.5, 0.6) is 0 Å². The van der Waals surface area contributed by atoms with Crippen molar-refractivity contribution in [1.29, 1.82) is 0 Å². The molecule has 0 saturated carbocycles. The zero-order valence-corrected chi connectivity index (χ0v) is 10.1. The van der Waals surface area contributed by atoms with Gasteiger partial charge in [0.05, 0.1) is 11.3 Å². The number of imidazole rings is 1. The summed E-state index contributed by atoms with van der Waals surface area (Å²) < 4.78 is 1.88. The number of nitrogens with zero attached hydrogens (tertiary/aromatic N) is 2. The molecule has 0 aliphatic carbocycles. The standard InChI is InChI=1S/C11H12N4OS/c1-15-6-5-14-11(15)17-8-4-2-3-7(9(8)12)10(13)16/h2-6H,12H2,1H3,(H2,13,16). The van der Waals surface area contributed by atoms with E-state index in [1.807, 2.05) is 23.9 Å². The van der Waals surface area contributed by atoms with E-state index in [9.17, 15) is 4.79 Å². The minimum Gasteiger partial charge on any atom is -0.397 e. The predicted octanol–water partition coefficient (Wildman–Crippen LogP) is 1.25. The van der Waals surface area contributed by atoms with Gasteiger partial charge >= 0.3 is 0 Å². The molecule has 1 amide bonds. The Bertz CT molecular complexity index is 564. The smallest absolute Gasteiger partial charge is 0.250 e. The maximum atomic E-state index is 11.2. The van der Waals surface area contributed by atoms with Crippen LogP contribution in [0.25, 0.3) is 0 Å². The predicted molar refractivity (Wildman–Crippen MR) is 66.7 cm³/mol. The van der Waals surface area contributed by atoms with Gasteiger partial charge in [0.2, 0.25) is 0 Å². The number of carbonyl (C=O) groups is 1. The molecule has 1 aromatic carbocycles. The molecule has 1 aromatic heterocycles. The Hall–Kier alpha value is -1.95. The van der Waals surface area contributed by atoms with E-state index >= 15 is 0 Å². The van der Waals surface area contributed by atoms with Gasteiger partial charge in [0, 0.05) is 24.3 Å². The van der Waals surface area contributed by atoms with Crippen LogP contribution in [0.4, 0.5) is 5.69 Å². The third kappa shape index (κ3) is 2.26. The Morgan fingerprint density at radius 3 is 2.82 bits per heavy atom. The molecule has 2 rings (SSSR count). The minimum atomic E-state index is -0.523. The number of amides is 1. The molecule has 0 aliphatic rings. The largest absolute Gasteiger partial charge is 0.397 e. The lowest BCUT2D eigenvalue weighted by atomic mass is 10.2. The van der Waals surface area contributed by atoms with Crippen molar-refractivity contribution in [1.82, 2.24) is 9.55 Å². The molecule has 4 N–H and O–H groups in total. The number of benzene rings is 1. The van der Waals surface area contributed by atoms with Gasteiger partial charge in [0.1, 0.15) is 0 Å². The number of hydrogen-bond acceptors (Lipinski definition) is 4. The first-order valence-electron chi connectivity index (χ1n) is 4.93. The zero-order valence-electron chi connectivity index (χ0n) is 9.25. The fraction of sp³-hybridized carbons (Fsp3) is 0.0909. The van der Waals surface area contributed by atoms with Crippen molar-refractivity contribution in [3.63, 3.8) is 0 Å². The van der Waals surface area contributed by atoms with Crippen LogP contribution < -0.4 is 11.5 Å². The van der Waals surface area contributed by atoms with Gasteiger partial charge in [-0.3, -0.25) is 4.79 Å². The molecule has 0 unspecified atom stereocenters. The Morgan fingerprint density at radius 1 is 1.47 bits per heavy atom. The summed E-state index contributed by atoms with van der Waals surface area (Å²) in [5.74, 6) is -0.523. The molecule has 0 fully saturated rings. The number of hydrogen-bond donors (Lipinski definition) is 2. The Labute approximate surface area is 103 Å². The molecular formula is C11H12N4OS. The van der Waals surface area contributed by atoms with E-state index in [0.717, 1.165) is 10.1 Å². The number of para-hydroxylation sites is 1. The van der Waals surface area contributed by atoms with Gasteiger partial charge in [-0.25, -0.2) is 4.98 Å². The molecule has 88 valence electrons. The fourth-order valence-electron chi connectivity index (χ4n) is 1.40. The molecular weight excluding hydrogens is 236 g/mol. The number of nitrogen functional groups attached to an aromatic ring is 1. The number of nitrogens with two attached hydrogens (primary N) is 2. The van der Waals surface area contributed by atoms with Crippen LogP contribution in [-0.2, 0) is 7.05 Å². The molecule has 0 atom stereocenters. The molecule has 1 heterocycles. The zero-order chi connectivity index (χ0) is 12.4. The van der Waals surface area contributed by atoms with Crippen molar-refractivity contribution < 1.29 is 4.79 Å². The van der Waals surface area contributed by atoms with E-state index in [-0.39, 0.29) is 0 Å². The lowest BCUT2D eigenvalue weighted by Crippen LogP contribution is -2.13. The summed E-state index contributed by atoms with van der Waals surface area (Å²) in [5, 5.41) is 0.804. The van der Waals surface area contributed by atoms with Crippen molar-refractivity contribution in [2.45, 2.75) is 10.1 Å². The van der Waals surface area contributed by atoms with Gasteiger partial charge in [0.25, 0.3) is 5.91 Å². The van der Waals surface area contributed by atoms with Crippen LogP contribution in [0.3, 0.4) is 0 Å². The Morgan fingerprint density at radius 2 is 2.24 bits per heavy atom. The number of rotatable bonds is 3. The van der Waals surface area contributed by atoms with Gasteiger partial charge in [-0.05, 0) is 23.9 Å². The number of primary amides is 1. The molecule has 2 aromatic rings. The average molecular weight is 248 g/mol. The number of aryl methyl sites for hydroxylation is 1. The van der Waals surface area contributed by atoms with Crippen LogP contribution in [0.2, 0.25) is 0 Å². The minimum absolute atomic E-state index is 0.337. The van der Waals surface area contributed by atoms with Crippen molar-refractivity contribution in [3.05, 3.63) is 36.2 Å². The highest BCUT2D eigenvalue weighted by Crippen LogP contribution is 2.32. The summed E-state index contributed by atoms with van der Waals surface area (Å²) in [4.78, 5) is 16.1. The highest BCUT2D eigenvalue weighted by molar-refractivity contribution is 7.99. The lowest BCUT2D eigenvalue weighted by molar-refractivity contribution is 0.100. The molecule has 0 bridgehead atoms. The molecule has 5 nitrogen and oxygen atoms in total. The van der Waals surface area contributed by atoms with Gasteiger partial charge < -0.3 is 16.0 Å². The maximum absolute atomic E-state index is 11.2. The van der Waals surface area contributed by atoms with Gasteiger partial charge in [-0.2, -0.15) is 0 Å². The molecule has 17 heavy (non-hydrogen) atoms. The Kier molecular flexibility index (Phi) is 3.06. The molecule has 0 spiro atoms. The average Bonchev–Trinajstić information content (AvgIpc) is 2.67. The normalized spacial score (nSPS) is 10.4. The molecule has 6 heteroatoms. The van der Waals surface area contributed by atoms with Crippen molar-refractivity contribution in [3.8, 4) is 0 Å². The second-order valence-electron chi connectivity index (χ2n) is 3.50. The first kappa shape index (κ1) is 11.5. The van der Waals surface area contributed by atoms with E-state index in [2.05, 4.69) is 4.98 Å². The monoisotopic (exact) mass is 248 g/mol. The van der Waals surface area contributed by atoms with E-state index < -0.39 is 5.91 Å². The SMILES string of the molecule is Cn1ccnc1Sc1cccc(C(N)=O)c1N. The number of carbonyl (C=O) groups excluding carboxylic acids is 1. The maximum Gasteiger partial charge on any atom is 0.250 e.